The van der Waals surface area contributed by atoms with Gasteiger partial charge in [0.15, 0.2) is 0 Å². The number of carbonyl (C=O) groups is 1. The van der Waals surface area contributed by atoms with E-state index in [1.165, 1.54) is 13.3 Å². The van der Waals surface area contributed by atoms with Crippen molar-refractivity contribution in [1.29, 1.82) is 0 Å². The molecule has 0 aromatic carbocycles. The molecule has 0 spiro atoms. The summed E-state index contributed by atoms with van der Waals surface area (Å²) in [4.78, 5) is 15.6. The van der Waals surface area contributed by atoms with E-state index in [2.05, 4.69) is 28.2 Å². The zero-order chi connectivity index (χ0) is 13.5. The van der Waals surface area contributed by atoms with Gasteiger partial charge in [0.05, 0.1) is 24.6 Å². The van der Waals surface area contributed by atoms with Crippen LogP contribution < -0.4 is 11.1 Å². The minimum Gasteiger partial charge on any atom is -0.465 e. The molecule has 0 aliphatic heterocycles. The lowest BCUT2D eigenvalue weighted by Crippen LogP contribution is -2.15. The summed E-state index contributed by atoms with van der Waals surface area (Å²) in [6.07, 6.45) is 3.54. The minimum absolute atomic E-state index is 0.324. The quantitative estimate of drug-likeness (QED) is 0.768. The van der Waals surface area contributed by atoms with Gasteiger partial charge in [0.1, 0.15) is 5.82 Å². The molecule has 6 heteroatoms. The van der Waals surface area contributed by atoms with Crippen LogP contribution in [0.4, 0.5) is 11.5 Å². The van der Waals surface area contributed by atoms with Crippen molar-refractivity contribution in [3.8, 4) is 0 Å². The number of aromatic nitrogens is 1. The van der Waals surface area contributed by atoms with Crippen molar-refractivity contribution in [3.63, 3.8) is 0 Å². The van der Waals surface area contributed by atoms with Gasteiger partial charge in [-0.15, -0.1) is 0 Å². The Kier molecular flexibility index (Phi) is 5.77. The highest BCUT2D eigenvalue weighted by molar-refractivity contribution is 7.98. The fourth-order valence-corrected chi connectivity index (χ4v) is 2.16. The SMILES string of the molecule is COC(=O)c1cc(NCC(C)CSC)ncc1N. The van der Waals surface area contributed by atoms with Crippen molar-refractivity contribution in [2.24, 2.45) is 5.92 Å². The first-order chi connectivity index (χ1) is 8.58. The van der Waals surface area contributed by atoms with Crippen molar-refractivity contribution in [2.75, 3.05) is 36.7 Å². The lowest BCUT2D eigenvalue weighted by molar-refractivity contribution is 0.0602. The molecule has 0 radical (unpaired) electrons. The average molecular weight is 269 g/mol. The van der Waals surface area contributed by atoms with Gasteiger partial charge >= 0.3 is 5.97 Å². The van der Waals surface area contributed by atoms with Crippen molar-refractivity contribution in [1.82, 2.24) is 4.98 Å². The molecule has 3 N–H and O–H groups in total. The van der Waals surface area contributed by atoms with Crippen molar-refractivity contribution in [2.45, 2.75) is 6.92 Å². The molecule has 100 valence electrons. The monoisotopic (exact) mass is 269 g/mol. The van der Waals surface area contributed by atoms with Crippen LogP contribution in [0.25, 0.3) is 0 Å². The largest absolute Gasteiger partial charge is 0.465 e. The van der Waals surface area contributed by atoms with E-state index in [0.29, 0.717) is 23.0 Å². The van der Waals surface area contributed by atoms with Gasteiger partial charge in [-0.05, 0) is 24.0 Å². The van der Waals surface area contributed by atoms with E-state index in [-0.39, 0.29) is 0 Å². The molecule has 18 heavy (non-hydrogen) atoms. The van der Waals surface area contributed by atoms with Crippen molar-refractivity contribution < 1.29 is 9.53 Å². The molecule has 1 aromatic rings. The summed E-state index contributed by atoms with van der Waals surface area (Å²) in [6, 6.07) is 1.62. The number of nitrogens with one attached hydrogen (secondary N) is 1. The fourth-order valence-electron chi connectivity index (χ4n) is 1.47. The Bertz CT molecular complexity index is 412. The number of nitrogens with two attached hydrogens (primary N) is 1. The molecule has 0 aliphatic carbocycles. The van der Waals surface area contributed by atoms with Crippen molar-refractivity contribution in [3.05, 3.63) is 17.8 Å². The van der Waals surface area contributed by atoms with E-state index >= 15 is 0 Å². The molecule has 0 saturated heterocycles. The number of nitrogens with zero attached hydrogens (tertiary/aromatic N) is 1. The Hall–Kier alpha value is -1.43. The Labute approximate surface area is 111 Å². The fraction of sp³-hybridized carbons (Fsp3) is 0.500. The maximum atomic E-state index is 11.5. The lowest BCUT2D eigenvalue weighted by atomic mass is 10.2. The van der Waals surface area contributed by atoms with E-state index in [1.807, 2.05) is 0 Å². The Morgan fingerprint density at radius 2 is 2.39 bits per heavy atom. The molecular formula is C12H19N3O2S. The number of pyridine rings is 1. The molecule has 5 nitrogen and oxygen atoms in total. The van der Waals surface area contributed by atoms with Gasteiger partial charge in [-0.2, -0.15) is 11.8 Å². The third-order valence-corrected chi connectivity index (χ3v) is 3.33. The highest BCUT2D eigenvalue weighted by Crippen LogP contribution is 2.16. The number of methoxy groups -OCH3 is 1. The molecule has 0 amide bonds. The molecule has 0 saturated carbocycles. The highest BCUT2D eigenvalue weighted by Gasteiger charge is 2.11. The van der Waals surface area contributed by atoms with Gasteiger partial charge in [-0.1, -0.05) is 6.92 Å². The Morgan fingerprint density at radius 1 is 1.67 bits per heavy atom. The van der Waals surface area contributed by atoms with E-state index in [9.17, 15) is 4.79 Å². The maximum absolute atomic E-state index is 11.5. The van der Waals surface area contributed by atoms with Crippen LogP contribution in [0.3, 0.4) is 0 Å². The molecule has 1 atom stereocenters. The number of rotatable bonds is 6. The van der Waals surface area contributed by atoms with E-state index in [0.717, 1.165) is 12.3 Å². The number of hydrogen-bond donors (Lipinski definition) is 2. The predicted molar refractivity (Wildman–Crippen MR) is 76.0 cm³/mol. The molecule has 1 rings (SSSR count). The lowest BCUT2D eigenvalue weighted by Gasteiger charge is -2.12. The van der Waals surface area contributed by atoms with E-state index in [1.54, 1.807) is 17.8 Å². The van der Waals surface area contributed by atoms with Crippen LogP contribution in [0.1, 0.15) is 17.3 Å². The number of carbonyl (C=O) groups excluding carboxylic acids is 1. The van der Waals surface area contributed by atoms with Gasteiger partial charge in [0.2, 0.25) is 0 Å². The zero-order valence-corrected chi connectivity index (χ0v) is 11.7. The molecule has 0 bridgehead atoms. The summed E-state index contributed by atoms with van der Waals surface area (Å²) in [6.45, 7) is 2.96. The van der Waals surface area contributed by atoms with Crippen LogP contribution in [0, 0.1) is 5.92 Å². The van der Waals surface area contributed by atoms with Crippen LogP contribution >= 0.6 is 11.8 Å². The topological polar surface area (TPSA) is 77.2 Å². The standard InChI is InChI=1S/C12H19N3O2S/c1-8(7-18-3)5-14-11-4-9(12(16)17-2)10(13)6-15-11/h4,6,8H,5,7,13H2,1-3H3,(H,14,15). The number of nitrogen functional groups attached to an aromatic ring is 1. The maximum Gasteiger partial charge on any atom is 0.340 e. The van der Waals surface area contributed by atoms with Crippen molar-refractivity contribution >= 4 is 29.2 Å². The zero-order valence-electron chi connectivity index (χ0n) is 10.9. The second-order valence-electron chi connectivity index (χ2n) is 4.09. The molecule has 0 fully saturated rings. The Morgan fingerprint density at radius 3 is 3.00 bits per heavy atom. The van der Waals surface area contributed by atoms with Gasteiger partial charge in [-0.3, -0.25) is 0 Å². The second kappa shape index (κ2) is 7.10. The number of hydrogen-bond acceptors (Lipinski definition) is 6. The number of ether oxygens (including phenoxy) is 1. The third-order valence-electron chi connectivity index (χ3n) is 2.42. The second-order valence-corrected chi connectivity index (χ2v) is 5.00. The first kappa shape index (κ1) is 14.6. The highest BCUT2D eigenvalue weighted by atomic mass is 32.2. The summed E-state index contributed by atoms with van der Waals surface area (Å²) < 4.78 is 4.66. The summed E-state index contributed by atoms with van der Waals surface area (Å²) >= 11 is 1.80. The molecule has 1 unspecified atom stereocenters. The predicted octanol–water partition coefficient (Wildman–Crippen LogP) is 1.86. The smallest absolute Gasteiger partial charge is 0.340 e. The van der Waals surface area contributed by atoms with Crippen LogP contribution in [0.5, 0.6) is 0 Å². The van der Waals surface area contributed by atoms with Gasteiger partial charge < -0.3 is 15.8 Å². The first-order valence-electron chi connectivity index (χ1n) is 5.65. The molecule has 1 aromatic heterocycles. The van der Waals surface area contributed by atoms with Crippen LogP contribution in [-0.2, 0) is 4.74 Å². The normalized spacial score (nSPS) is 11.9. The van der Waals surface area contributed by atoms with E-state index in [4.69, 9.17) is 5.73 Å². The summed E-state index contributed by atoms with van der Waals surface area (Å²) in [5.41, 5.74) is 6.34. The first-order valence-corrected chi connectivity index (χ1v) is 7.04. The van der Waals surface area contributed by atoms with Gasteiger partial charge in [0, 0.05) is 6.54 Å². The summed E-state index contributed by atoms with van der Waals surface area (Å²) in [7, 11) is 1.33. The van der Waals surface area contributed by atoms with Crippen LogP contribution in [-0.4, -0.2) is 36.6 Å². The average Bonchev–Trinajstić information content (AvgIpc) is 2.37. The molecule has 1 heterocycles. The summed E-state index contributed by atoms with van der Waals surface area (Å²) in [5, 5.41) is 3.19. The number of thioether (sulfide) groups is 1. The van der Waals surface area contributed by atoms with Gasteiger partial charge in [0.25, 0.3) is 0 Å². The minimum atomic E-state index is -0.449. The van der Waals surface area contributed by atoms with Crippen LogP contribution in [0.2, 0.25) is 0 Å². The number of anilines is 2. The molecular weight excluding hydrogens is 250 g/mol. The summed E-state index contributed by atoms with van der Waals surface area (Å²) in [5.74, 6) is 1.79. The molecule has 0 aliphatic rings. The van der Waals surface area contributed by atoms with E-state index < -0.39 is 5.97 Å². The Balaban J connectivity index is 2.70. The van der Waals surface area contributed by atoms with Crippen LogP contribution in [0.15, 0.2) is 12.3 Å². The number of esters is 1. The van der Waals surface area contributed by atoms with Gasteiger partial charge in [-0.25, -0.2) is 9.78 Å². The third kappa shape index (κ3) is 4.10.